The third kappa shape index (κ3) is 4.99. The highest BCUT2D eigenvalue weighted by Crippen LogP contribution is 2.41. The smallest absolute Gasteiger partial charge is 0.339 e. The fourth-order valence-electron chi connectivity index (χ4n) is 4.40. The molecule has 8 heteroatoms. The Morgan fingerprint density at radius 3 is 2.25 bits per heavy atom. The van der Waals surface area contributed by atoms with Gasteiger partial charge in [0, 0.05) is 28.4 Å². The van der Waals surface area contributed by atoms with Crippen molar-refractivity contribution >= 4 is 40.2 Å². The van der Waals surface area contributed by atoms with Crippen LogP contribution in [-0.2, 0) is 21.3 Å². The van der Waals surface area contributed by atoms with E-state index in [2.05, 4.69) is 0 Å². The van der Waals surface area contributed by atoms with Crippen LogP contribution in [0.25, 0.3) is 33.7 Å². The van der Waals surface area contributed by atoms with Gasteiger partial charge in [-0.2, -0.15) is 0 Å². The Labute approximate surface area is 221 Å². The maximum Gasteiger partial charge on any atom is 0.339 e. The molecule has 0 aliphatic carbocycles. The van der Waals surface area contributed by atoms with Gasteiger partial charge in [0.05, 0.1) is 23.7 Å². The molecule has 6 nitrogen and oxygen atoms in total. The monoisotopic (exact) mass is 525 g/mol. The van der Waals surface area contributed by atoms with E-state index in [1.165, 1.54) is 7.11 Å². The highest BCUT2D eigenvalue weighted by molar-refractivity contribution is 6.31. The molecule has 2 heterocycles. The fraction of sp³-hybridized carbons (Fsp3) is 0.321. The zero-order valence-electron chi connectivity index (χ0n) is 21.4. The zero-order chi connectivity index (χ0) is 26.4. The molecule has 0 bridgehead atoms. The summed E-state index contributed by atoms with van der Waals surface area (Å²) in [6.45, 7) is 9.56. The van der Waals surface area contributed by atoms with E-state index in [-0.39, 0.29) is 0 Å². The van der Waals surface area contributed by atoms with Gasteiger partial charge >= 0.3 is 5.97 Å². The highest BCUT2D eigenvalue weighted by Gasteiger charge is 2.34. The van der Waals surface area contributed by atoms with E-state index >= 15 is 0 Å². The molecular formula is C28H29Cl2N3O3. The molecule has 0 amide bonds. The van der Waals surface area contributed by atoms with Gasteiger partial charge in [-0.1, -0.05) is 35.3 Å². The van der Waals surface area contributed by atoms with E-state index < -0.39 is 17.7 Å². The second-order valence-corrected chi connectivity index (χ2v) is 10.6. The number of methoxy groups -OCH3 is 1. The van der Waals surface area contributed by atoms with Crippen molar-refractivity contribution in [3.05, 3.63) is 69.3 Å². The number of benzene rings is 2. The summed E-state index contributed by atoms with van der Waals surface area (Å²) >= 11 is 12.5. The van der Waals surface area contributed by atoms with Gasteiger partial charge in [0.1, 0.15) is 5.69 Å². The Hall–Kier alpha value is -2.93. The van der Waals surface area contributed by atoms with Gasteiger partial charge < -0.3 is 14.0 Å². The Morgan fingerprint density at radius 1 is 1.00 bits per heavy atom. The number of aromatic nitrogens is 3. The molecule has 36 heavy (non-hydrogen) atoms. The summed E-state index contributed by atoms with van der Waals surface area (Å²) in [5.41, 5.74) is 5.68. The third-order valence-electron chi connectivity index (χ3n) is 6.01. The molecule has 188 valence electrons. The first-order valence-corrected chi connectivity index (χ1v) is 12.3. The number of carbonyl (C=O) groups excluding carboxylic acids is 1. The van der Waals surface area contributed by atoms with Crippen molar-refractivity contribution in [2.24, 2.45) is 7.05 Å². The van der Waals surface area contributed by atoms with E-state index in [9.17, 15) is 4.79 Å². The molecule has 2 aromatic carbocycles. The van der Waals surface area contributed by atoms with E-state index in [0.29, 0.717) is 32.8 Å². The summed E-state index contributed by atoms with van der Waals surface area (Å²) in [5, 5.41) is 1.25. The molecule has 0 saturated carbocycles. The third-order valence-corrected chi connectivity index (χ3v) is 6.49. The number of carbonyl (C=O) groups is 1. The minimum atomic E-state index is -0.972. The van der Waals surface area contributed by atoms with Crippen LogP contribution in [0.2, 0.25) is 10.0 Å². The first kappa shape index (κ1) is 26.1. The molecule has 0 saturated heterocycles. The molecule has 0 spiro atoms. The van der Waals surface area contributed by atoms with Gasteiger partial charge in [0.15, 0.2) is 11.9 Å². The van der Waals surface area contributed by atoms with Crippen LogP contribution in [0.15, 0.2) is 42.5 Å². The summed E-state index contributed by atoms with van der Waals surface area (Å²) in [4.78, 5) is 22.8. The van der Waals surface area contributed by atoms with Gasteiger partial charge in [0.25, 0.3) is 0 Å². The van der Waals surface area contributed by atoms with Crippen molar-refractivity contribution in [2.45, 2.75) is 46.3 Å². The summed E-state index contributed by atoms with van der Waals surface area (Å²) < 4.78 is 13.4. The lowest BCUT2D eigenvalue weighted by molar-refractivity contribution is -0.164. The molecule has 1 atom stereocenters. The predicted molar refractivity (Wildman–Crippen MR) is 144 cm³/mol. The van der Waals surface area contributed by atoms with Gasteiger partial charge in [0.2, 0.25) is 0 Å². The van der Waals surface area contributed by atoms with Crippen molar-refractivity contribution < 1.29 is 14.3 Å². The quantitative estimate of drug-likeness (QED) is 0.256. The zero-order valence-corrected chi connectivity index (χ0v) is 23.0. The van der Waals surface area contributed by atoms with Crippen LogP contribution in [0.5, 0.6) is 0 Å². The number of esters is 1. The molecular weight excluding hydrogens is 497 g/mol. The number of hydrogen-bond acceptors (Lipinski definition) is 5. The van der Waals surface area contributed by atoms with E-state index in [4.69, 9.17) is 42.6 Å². The number of imidazole rings is 1. The first-order valence-electron chi connectivity index (χ1n) is 11.6. The van der Waals surface area contributed by atoms with Crippen molar-refractivity contribution in [2.75, 3.05) is 7.11 Å². The summed E-state index contributed by atoms with van der Waals surface area (Å²) in [7, 11) is 3.30. The molecule has 1 unspecified atom stereocenters. The van der Waals surface area contributed by atoms with Crippen LogP contribution >= 0.6 is 23.2 Å². The predicted octanol–water partition coefficient (Wildman–Crippen LogP) is 7.26. The normalized spacial score (nSPS) is 12.7. The lowest BCUT2D eigenvalue weighted by atomic mass is 9.89. The van der Waals surface area contributed by atoms with E-state index in [1.54, 1.807) is 0 Å². The number of rotatable bonds is 5. The summed E-state index contributed by atoms with van der Waals surface area (Å²) in [6.07, 6.45) is -0.972. The Balaban J connectivity index is 2.05. The van der Waals surface area contributed by atoms with Gasteiger partial charge in [-0.25, -0.2) is 14.8 Å². The number of hydrogen-bond donors (Lipinski definition) is 0. The minimum absolute atomic E-state index is 0.491. The van der Waals surface area contributed by atoms with Crippen molar-refractivity contribution in [3.63, 3.8) is 0 Å². The largest absolute Gasteiger partial charge is 0.467 e. The van der Waals surface area contributed by atoms with Crippen LogP contribution in [-0.4, -0.2) is 33.2 Å². The lowest BCUT2D eigenvalue weighted by Crippen LogP contribution is -2.29. The lowest BCUT2D eigenvalue weighted by Gasteiger charge is -2.29. The molecule has 0 radical (unpaired) electrons. The topological polar surface area (TPSA) is 66.2 Å². The van der Waals surface area contributed by atoms with Crippen LogP contribution in [0, 0.1) is 13.8 Å². The maximum atomic E-state index is 13.0. The Morgan fingerprint density at radius 2 is 1.64 bits per heavy atom. The molecule has 0 fully saturated rings. The van der Waals surface area contributed by atoms with Gasteiger partial charge in [-0.15, -0.1) is 0 Å². The average Bonchev–Trinajstić information content (AvgIpc) is 3.14. The SMILES string of the molecule is COC(=O)C(OC(C)(C)C)c1c(C)nc(-c2nc3ccc(Cl)cc3n2C)c(C)c1-c1ccc(Cl)cc1. The van der Waals surface area contributed by atoms with Crippen molar-refractivity contribution in [1.29, 1.82) is 0 Å². The Kier molecular flexibility index (Phi) is 7.15. The number of nitrogens with zero attached hydrogens (tertiary/aromatic N) is 3. The van der Waals surface area contributed by atoms with E-state index in [1.807, 2.05) is 88.7 Å². The number of pyridine rings is 1. The molecule has 2 aromatic heterocycles. The number of ether oxygens (including phenoxy) is 2. The fourth-order valence-corrected chi connectivity index (χ4v) is 4.69. The van der Waals surface area contributed by atoms with Gasteiger partial charge in [-0.3, -0.25) is 0 Å². The number of halogens is 2. The standard InChI is InChI=1S/C28H29Cl2N3O3/c1-15-22(17-8-10-18(29)11-9-17)23(25(27(34)35-7)36-28(3,4)5)16(2)31-24(15)26-32-20-13-12-19(30)14-21(20)33(26)6/h8-14,25H,1-7H3. The first-order chi connectivity index (χ1) is 16.9. The average molecular weight is 526 g/mol. The number of aryl methyl sites for hydroxylation is 2. The molecule has 0 aliphatic rings. The van der Waals surface area contributed by atoms with Gasteiger partial charge in [-0.05, 0) is 81.6 Å². The van der Waals surface area contributed by atoms with Crippen LogP contribution in [0.1, 0.15) is 43.7 Å². The molecule has 0 aliphatic heterocycles. The number of fused-ring (bicyclic) bond motifs is 1. The second-order valence-electron chi connectivity index (χ2n) is 9.73. The minimum Gasteiger partial charge on any atom is -0.467 e. The van der Waals surface area contributed by atoms with Crippen LogP contribution in [0.4, 0.5) is 0 Å². The second kappa shape index (κ2) is 9.85. The molecule has 0 N–H and O–H groups in total. The van der Waals surface area contributed by atoms with E-state index in [0.717, 1.165) is 27.7 Å². The molecule has 4 rings (SSSR count). The maximum absolute atomic E-state index is 13.0. The summed E-state index contributed by atoms with van der Waals surface area (Å²) in [5.74, 6) is 0.204. The van der Waals surface area contributed by atoms with Crippen LogP contribution < -0.4 is 0 Å². The van der Waals surface area contributed by atoms with Crippen molar-refractivity contribution in [1.82, 2.24) is 14.5 Å². The molecule has 4 aromatic rings. The Bertz CT molecular complexity index is 1450. The summed E-state index contributed by atoms with van der Waals surface area (Å²) in [6, 6.07) is 13.1. The highest BCUT2D eigenvalue weighted by atomic mass is 35.5. The van der Waals surface area contributed by atoms with Crippen LogP contribution in [0.3, 0.4) is 0 Å². The van der Waals surface area contributed by atoms with Crippen molar-refractivity contribution in [3.8, 4) is 22.6 Å².